The number of anilines is 2. The lowest BCUT2D eigenvalue weighted by molar-refractivity contribution is -0.133. The van der Waals surface area contributed by atoms with Crippen molar-refractivity contribution >= 4 is 29.2 Å². The molecule has 9 heteroatoms. The maximum Gasteiger partial charge on any atom is 0.315 e. The van der Waals surface area contributed by atoms with Crippen molar-refractivity contribution in [1.29, 1.82) is 0 Å². The third kappa shape index (κ3) is 4.77. The number of hydrogen-bond donors (Lipinski definition) is 2. The average Bonchev–Trinajstić information content (AvgIpc) is 3.53. The van der Waals surface area contributed by atoms with Crippen molar-refractivity contribution in [2.24, 2.45) is 5.92 Å². The highest BCUT2D eigenvalue weighted by atomic mass is 16.5. The molecule has 1 aromatic heterocycles. The molecule has 31 heavy (non-hydrogen) atoms. The van der Waals surface area contributed by atoms with Crippen LogP contribution in [0.4, 0.5) is 11.5 Å². The number of carbonyl (C=O) groups is 3. The zero-order valence-electron chi connectivity index (χ0n) is 17.8. The van der Waals surface area contributed by atoms with E-state index in [4.69, 9.17) is 4.74 Å². The summed E-state index contributed by atoms with van der Waals surface area (Å²) in [6, 6.07) is 6.88. The molecule has 2 N–H and O–H groups in total. The normalized spacial score (nSPS) is 17.2. The molecular weight excluding hydrogens is 398 g/mol. The van der Waals surface area contributed by atoms with E-state index in [1.165, 1.54) is 0 Å². The van der Waals surface area contributed by atoms with Crippen molar-refractivity contribution in [1.82, 2.24) is 14.7 Å². The van der Waals surface area contributed by atoms with Crippen LogP contribution in [0.1, 0.15) is 41.7 Å². The summed E-state index contributed by atoms with van der Waals surface area (Å²) in [4.78, 5) is 39.5. The number of carbonyl (C=O) groups excluding carboxylic acids is 3. The number of morpholine rings is 1. The van der Waals surface area contributed by atoms with E-state index in [1.807, 2.05) is 6.92 Å². The highest BCUT2D eigenvalue weighted by Crippen LogP contribution is 2.40. The Kier molecular flexibility index (Phi) is 6.03. The summed E-state index contributed by atoms with van der Waals surface area (Å²) in [5.41, 5.74) is 1.69. The maximum atomic E-state index is 12.8. The SMILES string of the molecule is Cc1ccc(NC(=O)C(=O)Nc2ccnn2[C@H](C)C2CC2)cc1C(=O)N1CCOCC1. The second-order valence-electron chi connectivity index (χ2n) is 8.08. The van der Waals surface area contributed by atoms with Crippen LogP contribution >= 0.6 is 0 Å². The summed E-state index contributed by atoms with van der Waals surface area (Å²) in [5.74, 6) is -0.655. The van der Waals surface area contributed by atoms with E-state index in [9.17, 15) is 14.4 Å². The molecular formula is C22H27N5O4. The van der Waals surface area contributed by atoms with Gasteiger partial charge in [-0.3, -0.25) is 14.4 Å². The van der Waals surface area contributed by atoms with Crippen LogP contribution in [0.25, 0.3) is 0 Å². The zero-order chi connectivity index (χ0) is 22.0. The van der Waals surface area contributed by atoms with Crippen LogP contribution < -0.4 is 10.6 Å². The Balaban J connectivity index is 1.42. The molecule has 1 aliphatic heterocycles. The van der Waals surface area contributed by atoms with E-state index in [0.29, 0.717) is 49.3 Å². The van der Waals surface area contributed by atoms with Crippen LogP contribution in [0.2, 0.25) is 0 Å². The lowest BCUT2D eigenvalue weighted by atomic mass is 10.1. The first-order valence-corrected chi connectivity index (χ1v) is 10.6. The van der Waals surface area contributed by atoms with Crippen molar-refractivity contribution in [3.63, 3.8) is 0 Å². The minimum Gasteiger partial charge on any atom is -0.378 e. The van der Waals surface area contributed by atoms with Gasteiger partial charge in [-0.1, -0.05) is 6.07 Å². The van der Waals surface area contributed by atoms with Gasteiger partial charge in [-0.25, -0.2) is 4.68 Å². The van der Waals surface area contributed by atoms with Gasteiger partial charge in [-0.2, -0.15) is 5.10 Å². The molecule has 2 heterocycles. The third-order valence-electron chi connectivity index (χ3n) is 5.83. The summed E-state index contributed by atoms with van der Waals surface area (Å²) in [7, 11) is 0. The Morgan fingerprint density at radius 1 is 1.10 bits per heavy atom. The van der Waals surface area contributed by atoms with Gasteiger partial charge in [0, 0.05) is 30.4 Å². The molecule has 1 saturated carbocycles. The van der Waals surface area contributed by atoms with Gasteiger partial charge in [0.2, 0.25) is 0 Å². The summed E-state index contributed by atoms with van der Waals surface area (Å²) >= 11 is 0. The molecule has 4 rings (SSSR count). The van der Waals surface area contributed by atoms with Crippen LogP contribution in [-0.2, 0) is 14.3 Å². The molecule has 1 aromatic carbocycles. The van der Waals surface area contributed by atoms with Crippen LogP contribution in [0.5, 0.6) is 0 Å². The third-order valence-corrected chi connectivity index (χ3v) is 5.83. The number of ether oxygens (including phenoxy) is 1. The van der Waals surface area contributed by atoms with Gasteiger partial charge in [0.1, 0.15) is 5.82 Å². The van der Waals surface area contributed by atoms with E-state index in [0.717, 1.165) is 18.4 Å². The highest BCUT2D eigenvalue weighted by Gasteiger charge is 2.31. The maximum absolute atomic E-state index is 12.8. The Morgan fingerprint density at radius 2 is 1.81 bits per heavy atom. The van der Waals surface area contributed by atoms with Gasteiger partial charge in [-0.15, -0.1) is 0 Å². The smallest absolute Gasteiger partial charge is 0.315 e. The van der Waals surface area contributed by atoms with Crippen LogP contribution in [0.15, 0.2) is 30.5 Å². The second kappa shape index (κ2) is 8.89. The van der Waals surface area contributed by atoms with E-state index < -0.39 is 11.8 Å². The predicted molar refractivity (Wildman–Crippen MR) is 115 cm³/mol. The van der Waals surface area contributed by atoms with Gasteiger partial charge < -0.3 is 20.3 Å². The number of amides is 3. The lowest BCUT2D eigenvalue weighted by Gasteiger charge is -2.27. The van der Waals surface area contributed by atoms with Crippen LogP contribution in [-0.4, -0.2) is 58.7 Å². The van der Waals surface area contributed by atoms with Crippen molar-refractivity contribution < 1.29 is 19.1 Å². The van der Waals surface area contributed by atoms with Gasteiger partial charge in [0.25, 0.3) is 5.91 Å². The number of aryl methyl sites for hydroxylation is 1. The summed E-state index contributed by atoms with van der Waals surface area (Å²) < 4.78 is 7.04. The molecule has 0 unspecified atom stereocenters. The van der Waals surface area contributed by atoms with Crippen molar-refractivity contribution in [3.05, 3.63) is 41.6 Å². The van der Waals surface area contributed by atoms with E-state index in [1.54, 1.807) is 40.0 Å². The largest absolute Gasteiger partial charge is 0.378 e. The standard InChI is InChI=1S/C22H27N5O4/c1-14-3-6-17(13-18(14)22(30)26-9-11-31-12-10-26)24-20(28)21(29)25-19-7-8-23-27(19)15(2)16-4-5-16/h3,6-8,13,15-16H,4-5,9-12H2,1-2H3,(H,24,28)(H,25,29)/t15-/m1/s1. The minimum absolute atomic E-state index is 0.112. The number of aromatic nitrogens is 2. The van der Waals surface area contributed by atoms with Crippen LogP contribution in [0.3, 0.4) is 0 Å². The van der Waals surface area contributed by atoms with Crippen molar-refractivity contribution in [2.45, 2.75) is 32.7 Å². The first kappa shape index (κ1) is 21.0. The molecule has 1 aliphatic carbocycles. The first-order valence-electron chi connectivity index (χ1n) is 10.6. The highest BCUT2D eigenvalue weighted by molar-refractivity contribution is 6.43. The van der Waals surface area contributed by atoms with Crippen molar-refractivity contribution in [2.75, 3.05) is 36.9 Å². The molecule has 2 fully saturated rings. The molecule has 1 atom stereocenters. The Labute approximate surface area is 180 Å². The molecule has 2 aliphatic rings. The molecule has 0 bridgehead atoms. The first-order chi connectivity index (χ1) is 14.9. The second-order valence-corrected chi connectivity index (χ2v) is 8.08. The Bertz CT molecular complexity index is 992. The number of rotatable bonds is 5. The molecule has 0 radical (unpaired) electrons. The molecule has 3 amide bonds. The zero-order valence-corrected chi connectivity index (χ0v) is 17.8. The van der Waals surface area contributed by atoms with Crippen molar-refractivity contribution in [3.8, 4) is 0 Å². The fourth-order valence-corrected chi connectivity index (χ4v) is 3.74. The predicted octanol–water partition coefficient (Wildman–Crippen LogP) is 2.21. The van der Waals surface area contributed by atoms with E-state index >= 15 is 0 Å². The molecule has 0 spiro atoms. The minimum atomic E-state index is -0.805. The van der Waals surface area contributed by atoms with Crippen LogP contribution in [0, 0.1) is 12.8 Å². The van der Waals surface area contributed by atoms with Gasteiger partial charge in [0.15, 0.2) is 0 Å². The van der Waals surface area contributed by atoms with Gasteiger partial charge in [0.05, 0.1) is 25.5 Å². The molecule has 1 saturated heterocycles. The van der Waals surface area contributed by atoms with Gasteiger partial charge in [-0.05, 0) is 50.3 Å². The van der Waals surface area contributed by atoms with E-state index in [-0.39, 0.29) is 11.9 Å². The fraction of sp³-hybridized carbons (Fsp3) is 0.455. The Hall–Kier alpha value is -3.20. The number of nitrogens with zero attached hydrogens (tertiary/aromatic N) is 3. The molecule has 9 nitrogen and oxygen atoms in total. The molecule has 2 aromatic rings. The fourth-order valence-electron chi connectivity index (χ4n) is 3.74. The van der Waals surface area contributed by atoms with E-state index in [2.05, 4.69) is 22.7 Å². The summed E-state index contributed by atoms with van der Waals surface area (Å²) in [6.07, 6.45) is 3.90. The average molecular weight is 425 g/mol. The Morgan fingerprint density at radius 3 is 2.52 bits per heavy atom. The topological polar surface area (TPSA) is 106 Å². The number of nitrogens with one attached hydrogen (secondary N) is 2. The lowest BCUT2D eigenvalue weighted by Crippen LogP contribution is -2.41. The number of hydrogen-bond acceptors (Lipinski definition) is 5. The quantitative estimate of drug-likeness (QED) is 0.715. The monoisotopic (exact) mass is 425 g/mol. The van der Waals surface area contributed by atoms with Gasteiger partial charge >= 0.3 is 11.8 Å². The summed E-state index contributed by atoms with van der Waals surface area (Å²) in [6.45, 7) is 5.98. The summed E-state index contributed by atoms with van der Waals surface area (Å²) in [5, 5.41) is 9.50. The number of benzene rings is 1. The molecule has 164 valence electrons.